The summed E-state index contributed by atoms with van der Waals surface area (Å²) < 4.78 is 0. The predicted octanol–water partition coefficient (Wildman–Crippen LogP) is 2.79. The zero-order chi connectivity index (χ0) is 14.1. The monoisotopic (exact) mass is 274 g/mol. The second-order valence-corrected chi connectivity index (χ2v) is 6.47. The van der Waals surface area contributed by atoms with Crippen LogP contribution < -0.4 is 10.6 Å². The highest BCUT2D eigenvalue weighted by Crippen LogP contribution is 2.37. The van der Waals surface area contributed by atoms with Gasteiger partial charge in [-0.2, -0.15) is 0 Å². The number of anilines is 1. The number of rotatable bonds is 2. The fourth-order valence-corrected chi connectivity index (χ4v) is 3.61. The van der Waals surface area contributed by atoms with Crippen molar-refractivity contribution >= 4 is 5.95 Å². The molecule has 0 aromatic carbocycles. The van der Waals surface area contributed by atoms with Crippen LogP contribution in [0.25, 0.3) is 0 Å². The van der Waals surface area contributed by atoms with Crippen molar-refractivity contribution in [3.05, 3.63) is 17.5 Å². The van der Waals surface area contributed by atoms with E-state index in [4.69, 9.17) is 10.7 Å². The topological polar surface area (TPSA) is 55.0 Å². The van der Waals surface area contributed by atoms with Crippen LogP contribution in [0, 0.1) is 0 Å². The van der Waals surface area contributed by atoms with Crippen molar-refractivity contribution < 1.29 is 0 Å². The first-order valence-electron chi connectivity index (χ1n) is 8.04. The highest BCUT2D eigenvalue weighted by molar-refractivity contribution is 5.38. The first kappa shape index (κ1) is 13.8. The molecule has 1 aromatic rings. The van der Waals surface area contributed by atoms with Crippen LogP contribution in [0.4, 0.5) is 5.95 Å². The van der Waals surface area contributed by atoms with E-state index >= 15 is 0 Å². The predicted molar refractivity (Wildman–Crippen MR) is 82.1 cm³/mol. The van der Waals surface area contributed by atoms with Gasteiger partial charge in [0.05, 0.1) is 5.69 Å². The Hall–Kier alpha value is -1.16. The van der Waals surface area contributed by atoms with Crippen molar-refractivity contribution in [1.29, 1.82) is 0 Å². The molecule has 2 heterocycles. The number of fused-ring (bicyclic) bond motifs is 1. The summed E-state index contributed by atoms with van der Waals surface area (Å²) in [5.41, 5.74) is 8.55. The van der Waals surface area contributed by atoms with Gasteiger partial charge in [-0.15, -0.1) is 0 Å². The van der Waals surface area contributed by atoms with Crippen LogP contribution in [-0.2, 0) is 0 Å². The highest BCUT2D eigenvalue weighted by Gasteiger charge is 2.28. The van der Waals surface area contributed by atoms with E-state index < -0.39 is 0 Å². The van der Waals surface area contributed by atoms with Crippen LogP contribution >= 0.6 is 0 Å². The smallest absolute Gasteiger partial charge is 0.225 e. The molecule has 2 N–H and O–H groups in total. The number of aromatic nitrogens is 2. The minimum absolute atomic E-state index is 0.415. The molecule has 0 saturated carbocycles. The van der Waals surface area contributed by atoms with Gasteiger partial charge in [0, 0.05) is 25.3 Å². The van der Waals surface area contributed by atoms with Gasteiger partial charge in [-0.3, -0.25) is 0 Å². The van der Waals surface area contributed by atoms with Crippen molar-refractivity contribution in [1.82, 2.24) is 9.97 Å². The van der Waals surface area contributed by atoms with Crippen molar-refractivity contribution in [3.63, 3.8) is 0 Å². The summed E-state index contributed by atoms with van der Waals surface area (Å²) in [5, 5.41) is 0. The lowest BCUT2D eigenvalue weighted by Gasteiger charge is -2.36. The Bertz CT molecular complexity index is 474. The highest BCUT2D eigenvalue weighted by atomic mass is 15.3. The Morgan fingerprint density at radius 2 is 2.00 bits per heavy atom. The Morgan fingerprint density at radius 3 is 2.80 bits per heavy atom. The number of piperidine rings is 1. The van der Waals surface area contributed by atoms with Crippen LogP contribution in [0.2, 0.25) is 0 Å². The molecule has 3 atom stereocenters. The third kappa shape index (κ3) is 2.41. The summed E-state index contributed by atoms with van der Waals surface area (Å²) in [7, 11) is 0. The molecule has 2 aliphatic rings. The van der Waals surface area contributed by atoms with Crippen LogP contribution in [0.5, 0.6) is 0 Å². The Kier molecular flexibility index (Phi) is 3.92. The van der Waals surface area contributed by atoms with Crippen molar-refractivity contribution in [2.75, 3.05) is 18.0 Å². The molecule has 0 amide bonds. The van der Waals surface area contributed by atoms with Gasteiger partial charge in [-0.1, -0.05) is 13.8 Å². The average molecular weight is 274 g/mol. The van der Waals surface area contributed by atoms with E-state index in [9.17, 15) is 0 Å². The third-order valence-electron chi connectivity index (χ3n) is 5.02. The summed E-state index contributed by atoms with van der Waals surface area (Å²) >= 11 is 0. The van der Waals surface area contributed by atoms with Crippen LogP contribution in [-0.4, -0.2) is 29.1 Å². The molecular weight excluding hydrogens is 248 g/mol. The molecular formula is C16H26N4. The molecule has 0 radical (unpaired) electrons. The van der Waals surface area contributed by atoms with E-state index in [0.29, 0.717) is 24.4 Å². The molecule has 3 rings (SSSR count). The minimum Gasteiger partial charge on any atom is -0.337 e. The molecule has 4 heteroatoms. The first-order valence-corrected chi connectivity index (χ1v) is 8.04. The van der Waals surface area contributed by atoms with Crippen molar-refractivity contribution in [2.45, 2.75) is 63.8 Å². The molecule has 4 nitrogen and oxygen atoms in total. The van der Waals surface area contributed by atoms with Gasteiger partial charge in [0.15, 0.2) is 0 Å². The molecule has 1 saturated heterocycles. The SMILES string of the molecule is CC1CCC(C)c2nc(N3CCCCC3CN)ncc21. The largest absolute Gasteiger partial charge is 0.337 e. The van der Waals surface area contributed by atoms with E-state index in [-0.39, 0.29) is 0 Å². The lowest BCUT2D eigenvalue weighted by Crippen LogP contribution is -2.45. The fraction of sp³-hybridized carbons (Fsp3) is 0.750. The Labute approximate surface area is 121 Å². The Morgan fingerprint density at radius 1 is 1.20 bits per heavy atom. The summed E-state index contributed by atoms with van der Waals surface area (Å²) in [4.78, 5) is 11.9. The van der Waals surface area contributed by atoms with Gasteiger partial charge < -0.3 is 10.6 Å². The molecule has 1 aliphatic carbocycles. The number of nitrogens with two attached hydrogens (primary N) is 1. The third-order valence-corrected chi connectivity index (χ3v) is 5.02. The van der Waals surface area contributed by atoms with Crippen molar-refractivity contribution in [3.8, 4) is 0 Å². The lowest BCUT2D eigenvalue weighted by molar-refractivity contribution is 0.453. The molecule has 1 aromatic heterocycles. The van der Waals surface area contributed by atoms with Crippen LogP contribution in [0.3, 0.4) is 0 Å². The van der Waals surface area contributed by atoms with E-state index in [2.05, 4.69) is 29.9 Å². The standard InChI is InChI=1S/C16H26N4/c1-11-6-7-12(2)15-14(11)10-18-16(19-15)20-8-4-3-5-13(20)9-17/h10-13H,3-9,17H2,1-2H3. The molecule has 1 aliphatic heterocycles. The molecule has 1 fully saturated rings. The summed E-state index contributed by atoms with van der Waals surface area (Å²) in [5.74, 6) is 2.06. The van der Waals surface area contributed by atoms with Gasteiger partial charge in [0.25, 0.3) is 0 Å². The second kappa shape index (κ2) is 5.68. The second-order valence-electron chi connectivity index (χ2n) is 6.47. The normalized spacial score (nSPS) is 30.1. The number of hydrogen-bond donors (Lipinski definition) is 1. The van der Waals surface area contributed by atoms with E-state index in [1.54, 1.807) is 0 Å². The van der Waals surface area contributed by atoms with Crippen LogP contribution in [0.1, 0.15) is 69.0 Å². The molecule has 3 unspecified atom stereocenters. The maximum Gasteiger partial charge on any atom is 0.225 e. The van der Waals surface area contributed by atoms with Crippen molar-refractivity contribution in [2.24, 2.45) is 5.73 Å². The van der Waals surface area contributed by atoms with Gasteiger partial charge >= 0.3 is 0 Å². The quantitative estimate of drug-likeness (QED) is 0.901. The maximum absolute atomic E-state index is 5.92. The molecule has 20 heavy (non-hydrogen) atoms. The van der Waals surface area contributed by atoms with Crippen LogP contribution in [0.15, 0.2) is 6.20 Å². The number of nitrogens with zero attached hydrogens (tertiary/aromatic N) is 3. The van der Waals surface area contributed by atoms with Gasteiger partial charge in [-0.05, 0) is 49.5 Å². The summed E-state index contributed by atoms with van der Waals surface area (Å²) in [6.07, 6.45) is 8.24. The molecule has 110 valence electrons. The lowest BCUT2D eigenvalue weighted by atomic mass is 9.82. The Balaban J connectivity index is 1.93. The average Bonchev–Trinajstić information content (AvgIpc) is 2.50. The van der Waals surface area contributed by atoms with E-state index in [0.717, 1.165) is 12.5 Å². The minimum atomic E-state index is 0.415. The van der Waals surface area contributed by atoms with E-state index in [1.807, 2.05) is 0 Å². The summed E-state index contributed by atoms with van der Waals surface area (Å²) in [6.45, 7) is 6.33. The van der Waals surface area contributed by atoms with Gasteiger partial charge in [0.1, 0.15) is 0 Å². The molecule has 0 spiro atoms. The summed E-state index contributed by atoms with van der Waals surface area (Å²) in [6, 6.07) is 0.415. The number of hydrogen-bond acceptors (Lipinski definition) is 4. The van der Waals surface area contributed by atoms with Gasteiger partial charge in [0.2, 0.25) is 5.95 Å². The van der Waals surface area contributed by atoms with Gasteiger partial charge in [-0.25, -0.2) is 9.97 Å². The fourth-order valence-electron chi connectivity index (χ4n) is 3.61. The molecule has 0 bridgehead atoms. The zero-order valence-electron chi connectivity index (χ0n) is 12.7. The van der Waals surface area contributed by atoms with E-state index in [1.165, 1.54) is 43.4 Å². The first-order chi connectivity index (χ1) is 9.70. The maximum atomic E-state index is 5.92. The zero-order valence-corrected chi connectivity index (χ0v) is 12.7.